The number of unbranched alkanes of at least 4 members (excludes halogenated alkanes) is 1. The lowest BCUT2D eigenvalue weighted by Crippen LogP contribution is -2.23. The van der Waals surface area contributed by atoms with Gasteiger partial charge in [0.2, 0.25) is 0 Å². The van der Waals surface area contributed by atoms with E-state index in [9.17, 15) is 13.2 Å². The first-order valence-electron chi connectivity index (χ1n) is 6.59. The minimum atomic E-state index is -4.21. The number of rotatable bonds is 10. The summed E-state index contributed by atoms with van der Waals surface area (Å²) in [6.07, 6.45) is 1.91. The van der Waals surface area contributed by atoms with E-state index < -0.39 is 12.8 Å². The Bertz CT molecular complexity index is 203. The molecule has 0 aliphatic carbocycles. The van der Waals surface area contributed by atoms with E-state index in [0.29, 0.717) is 6.42 Å². The Morgan fingerprint density at radius 3 is 2.11 bits per heavy atom. The molecule has 0 heterocycles. The van der Waals surface area contributed by atoms with Crippen molar-refractivity contribution in [1.82, 2.24) is 0 Å². The molecule has 110 valence electrons. The Labute approximate surface area is 117 Å². The summed E-state index contributed by atoms with van der Waals surface area (Å²) in [5, 5.41) is 0.912. The second kappa shape index (κ2) is 9.18. The van der Waals surface area contributed by atoms with Crippen LogP contribution in [0.25, 0.3) is 0 Å². The van der Waals surface area contributed by atoms with Crippen molar-refractivity contribution in [1.29, 1.82) is 0 Å². The highest BCUT2D eigenvalue weighted by atomic mass is 79.9. The van der Waals surface area contributed by atoms with Gasteiger partial charge in [0.15, 0.2) is 0 Å². The van der Waals surface area contributed by atoms with E-state index in [1.807, 2.05) is 0 Å². The molecular formula is C13H24BrF3O. The van der Waals surface area contributed by atoms with E-state index in [1.54, 1.807) is 0 Å². The zero-order valence-corrected chi connectivity index (χ0v) is 12.9. The molecule has 5 heteroatoms. The lowest BCUT2D eigenvalue weighted by atomic mass is 9.78. The maximum atomic E-state index is 11.9. The van der Waals surface area contributed by atoms with E-state index in [0.717, 1.165) is 31.0 Å². The van der Waals surface area contributed by atoms with Gasteiger partial charge in [0.25, 0.3) is 0 Å². The molecule has 0 spiro atoms. The quantitative estimate of drug-likeness (QED) is 0.388. The third-order valence-electron chi connectivity index (χ3n) is 3.36. The van der Waals surface area contributed by atoms with Crippen LogP contribution in [0.15, 0.2) is 0 Å². The molecule has 1 unspecified atom stereocenters. The predicted octanol–water partition coefficient (Wildman–Crippen LogP) is 5.33. The summed E-state index contributed by atoms with van der Waals surface area (Å²) in [5.74, 6) is 0. The summed E-state index contributed by atoms with van der Waals surface area (Å²) < 4.78 is 40.3. The monoisotopic (exact) mass is 332 g/mol. The first kappa shape index (κ1) is 18.2. The lowest BCUT2D eigenvalue weighted by Gasteiger charge is -2.31. The van der Waals surface area contributed by atoms with Crippen LogP contribution >= 0.6 is 15.9 Å². The van der Waals surface area contributed by atoms with Gasteiger partial charge in [0.05, 0.1) is 0 Å². The van der Waals surface area contributed by atoms with Crippen LogP contribution in [-0.4, -0.2) is 24.7 Å². The fourth-order valence-corrected chi connectivity index (χ4v) is 2.95. The van der Waals surface area contributed by atoms with Gasteiger partial charge in [0.1, 0.15) is 6.61 Å². The molecule has 0 aliphatic heterocycles. The Kier molecular flexibility index (Phi) is 9.30. The van der Waals surface area contributed by atoms with Gasteiger partial charge in [-0.05, 0) is 31.1 Å². The normalized spacial score (nSPS) is 15.7. The van der Waals surface area contributed by atoms with Crippen LogP contribution in [0.4, 0.5) is 13.2 Å². The molecule has 0 aromatic heterocycles. The molecule has 0 aromatic carbocycles. The van der Waals surface area contributed by atoms with Gasteiger partial charge in [-0.25, -0.2) is 0 Å². The second-order valence-electron chi connectivity index (χ2n) is 4.86. The summed E-state index contributed by atoms with van der Waals surface area (Å²) in [7, 11) is 0. The molecule has 0 amide bonds. The third-order valence-corrected chi connectivity index (χ3v) is 4.55. The molecule has 0 rings (SSSR count). The molecule has 0 saturated heterocycles. The minimum Gasteiger partial charge on any atom is -0.372 e. The van der Waals surface area contributed by atoms with Crippen LogP contribution < -0.4 is 0 Å². The van der Waals surface area contributed by atoms with Crippen LogP contribution in [0, 0.1) is 5.41 Å². The van der Waals surface area contributed by atoms with E-state index in [4.69, 9.17) is 0 Å². The highest BCUT2D eigenvalue weighted by molar-refractivity contribution is 9.09. The van der Waals surface area contributed by atoms with Gasteiger partial charge >= 0.3 is 6.18 Å². The Morgan fingerprint density at radius 1 is 1.06 bits per heavy atom. The van der Waals surface area contributed by atoms with Gasteiger partial charge in [0, 0.05) is 11.9 Å². The van der Waals surface area contributed by atoms with Crippen LogP contribution in [0.2, 0.25) is 0 Å². The van der Waals surface area contributed by atoms with Crippen molar-refractivity contribution in [2.75, 3.05) is 18.5 Å². The summed E-state index contributed by atoms with van der Waals surface area (Å²) in [6.45, 7) is 3.37. The average Bonchev–Trinajstić information content (AvgIpc) is 2.32. The van der Waals surface area contributed by atoms with Crippen molar-refractivity contribution in [2.45, 2.75) is 58.5 Å². The predicted molar refractivity (Wildman–Crippen MR) is 72.2 cm³/mol. The maximum absolute atomic E-state index is 11.9. The number of alkyl halides is 4. The SMILES string of the molecule is CCCCC(CC)(CBr)CCCOCC(F)(F)F. The van der Waals surface area contributed by atoms with Crippen molar-refractivity contribution >= 4 is 15.9 Å². The number of hydrogen-bond acceptors (Lipinski definition) is 1. The Hall–Kier alpha value is 0.230. The highest BCUT2D eigenvalue weighted by Crippen LogP contribution is 2.36. The van der Waals surface area contributed by atoms with Crippen molar-refractivity contribution < 1.29 is 17.9 Å². The Morgan fingerprint density at radius 2 is 1.67 bits per heavy atom. The summed E-state index contributed by atoms with van der Waals surface area (Å²) in [5.41, 5.74) is 0.220. The van der Waals surface area contributed by atoms with E-state index >= 15 is 0 Å². The van der Waals surface area contributed by atoms with Crippen molar-refractivity contribution in [3.8, 4) is 0 Å². The summed E-state index contributed by atoms with van der Waals surface area (Å²) >= 11 is 3.54. The summed E-state index contributed by atoms with van der Waals surface area (Å²) in [4.78, 5) is 0. The minimum absolute atomic E-state index is 0.195. The first-order chi connectivity index (χ1) is 8.39. The smallest absolute Gasteiger partial charge is 0.372 e. The van der Waals surface area contributed by atoms with E-state index in [-0.39, 0.29) is 12.0 Å². The highest BCUT2D eigenvalue weighted by Gasteiger charge is 2.28. The standard InChI is InChI=1S/C13H24BrF3O/c1-3-5-7-12(4-2,10-14)8-6-9-18-11-13(15,16)17/h3-11H2,1-2H3. The van der Waals surface area contributed by atoms with E-state index in [1.165, 1.54) is 6.42 Å². The van der Waals surface area contributed by atoms with Crippen LogP contribution in [0.5, 0.6) is 0 Å². The number of halogens is 4. The van der Waals surface area contributed by atoms with Gasteiger partial charge in [-0.2, -0.15) is 13.2 Å². The zero-order chi connectivity index (χ0) is 14.1. The number of ether oxygens (including phenoxy) is 1. The second-order valence-corrected chi connectivity index (χ2v) is 5.42. The molecule has 1 atom stereocenters. The number of hydrogen-bond donors (Lipinski definition) is 0. The molecule has 0 N–H and O–H groups in total. The lowest BCUT2D eigenvalue weighted by molar-refractivity contribution is -0.174. The van der Waals surface area contributed by atoms with Crippen molar-refractivity contribution in [3.05, 3.63) is 0 Å². The van der Waals surface area contributed by atoms with Crippen molar-refractivity contribution in [3.63, 3.8) is 0 Å². The van der Waals surface area contributed by atoms with Gasteiger partial charge in [-0.3, -0.25) is 0 Å². The fraction of sp³-hybridized carbons (Fsp3) is 1.00. The molecule has 1 nitrogen and oxygen atoms in total. The molecular weight excluding hydrogens is 309 g/mol. The first-order valence-corrected chi connectivity index (χ1v) is 7.72. The molecule has 0 aromatic rings. The summed E-state index contributed by atoms with van der Waals surface area (Å²) in [6, 6.07) is 0. The molecule has 0 saturated carbocycles. The van der Waals surface area contributed by atoms with Crippen LogP contribution in [0.3, 0.4) is 0 Å². The molecule has 0 radical (unpaired) electrons. The topological polar surface area (TPSA) is 9.23 Å². The molecule has 0 aliphatic rings. The van der Waals surface area contributed by atoms with Gasteiger partial charge in [-0.15, -0.1) is 0 Å². The van der Waals surface area contributed by atoms with Gasteiger partial charge in [-0.1, -0.05) is 42.6 Å². The molecule has 0 fully saturated rings. The van der Waals surface area contributed by atoms with Gasteiger partial charge < -0.3 is 4.74 Å². The zero-order valence-electron chi connectivity index (χ0n) is 11.3. The largest absolute Gasteiger partial charge is 0.411 e. The Balaban J connectivity index is 3.90. The third kappa shape index (κ3) is 8.35. The van der Waals surface area contributed by atoms with Crippen LogP contribution in [-0.2, 0) is 4.74 Å². The molecule has 18 heavy (non-hydrogen) atoms. The fourth-order valence-electron chi connectivity index (χ4n) is 2.00. The average molecular weight is 333 g/mol. The van der Waals surface area contributed by atoms with Crippen molar-refractivity contribution in [2.24, 2.45) is 5.41 Å². The maximum Gasteiger partial charge on any atom is 0.411 e. The van der Waals surface area contributed by atoms with Crippen LogP contribution in [0.1, 0.15) is 52.4 Å². The van der Waals surface area contributed by atoms with E-state index in [2.05, 4.69) is 34.5 Å². The molecule has 0 bridgehead atoms.